The fraction of sp³-hybridized carbons (Fsp3) is 0.364. The maximum atomic E-state index is 11.5. The van der Waals surface area contributed by atoms with E-state index in [0.717, 1.165) is 11.3 Å². The van der Waals surface area contributed by atoms with Crippen LogP contribution in [0.4, 0.5) is 5.69 Å². The predicted molar refractivity (Wildman–Crippen MR) is 59.6 cm³/mol. The highest BCUT2D eigenvalue weighted by Crippen LogP contribution is 2.14. The average molecular weight is 208 g/mol. The van der Waals surface area contributed by atoms with Crippen molar-refractivity contribution in [1.29, 1.82) is 0 Å². The highest BCUT2D eigenvalue weighted by atomic mass is 16.5. The van der Waals surface area contributed by atoms with Gasteiger partial charge in [0, 0.05) is 26.4 Å². The molecule has 1 amide bonds. The first-order chi connectivity index (χ1) is 7.19. The Morgan fingerprint density at radius 2 is 2.27 bits per heavy atom. The Bertz CT molecular complexity index is 339. The van der Waals surface area contributed by atoms with E-state index in [-0.39, 0.29) is 12.5 Å². The second-order valence-corrected chi connectivity index (χ2v) is 3.26. The van der Waals surface area contributed by atoms with E-state index in [1.807, 2.05) is 24.3 Å². The molecule has 4 nitrogen and oxygen atoms in total. The lowest BCUT2D eigenvalue weighted by atomic mass is 10.2. The van der Waals surface area contributed by atoms with Crippen molar-refractivity contribution < 1.29 is 9.53 Å². The smallest absolute Gasteiger partial charge is 0.252 e. The van der Waals surface area contributed by atoms with Crippen LogP contribution in [0.25, 0.3) is 0 Å². The van der Waals surface area contributed by atoms with Crippen molar-refractivity contribution in [3.63, 3.8) is 0 Å². The van der Waals surface area contributed by atoms with Gasteiger partial charge in [0.15, 0.2) is 0 Å². The summed E-state index contributed by atoms with van der Waals surface area (Å²) in [6.45, 7) is 0.559. The Labute approximate surface area is 89.6 Å². The molecule has 0 radical (unpaired) electrons. The molecule has 1 rings (SSSR count). The van der Waals surface area contributed by atoms with Gasteiger partial charge >= 0.3 is 0 Å². The van der Waals surface area contributed by atoms with E-state index in [2.05, 4.69) is 0 Å². The van der Waals surface area contributed by atoms with Crippen LogP contribution in [0.1, 0.15) is 5.56 Å². The normalized spacial score (nSPS) is 10.1. The standard InChI is InChI=1S/C11H16N2O2/c1-13(11(14)8-15-2)10-5-3-4-9(6-10)7-12/h3-6H,7-8,12H2,1-2H3. The van der Waals surface area contributed by atoms with Crippen LogP contribution in [0.15, 0.2) is 24.3 Å². The molecule has 0 aliphatic carbocycles. The number of anilines is 1. The molecule has 0 saturated carbocycles. The Balaban J connectivity index is 2.81. The molecule has 0 heterocycles. The molecule has 0 saturated heterocycles. The van der Waals surface area contributed by atoms with Gasteiger partial charge in [-0.1, -0.05) is 12.1 Å². The number of carbonyl (C=O) groups excluding carboxylic acids is 1. The number of methoxy groups -OCH3 is 1. The monoisotopic (exact) mass is 208 g/mol. The number of benzene rings is 1. The van der Waals surface area contributed by atoms with Gasteiger partial charge in [-0.05, 0) is 17.7 Å². The van der Waals surface area contributed by atoms with Crippen molar-refractivity contribution in [2.24, 2.45) is 5.73 Å². The Morgan fingerprint density at radius 1 is 1.53 bits per heavy atom. The van der Waals surface area contributed by atoms with Gasteiger partial charge in [-0.25, -0.2) is 0 Å². The lowest BCUT2D eigenvalue weighted by molar-refractivity contribution is -0.121. The lowest BCUT2D eigenvalue weighted by Gasteiger charge is -2.17. The molecule has 0 fully saturated rings. The van der Waals surface area contributed by atoms with Crippen molar-refractivity contribution in [1.82, 2.24) is 0 Å². The van der Waals surface area contributed by atoms with Crippen LogP contribution in [-0.2, 0) is 16.1 Å². The van der Waals surface area contributed by atoms with E-state index in [1.165, 1.54) is 7.11 Å². The maximum absolute atomic E-state index is 11.5. The zero-order valence-electron chi connectivity index (χ0n) is 9.06. The SMILES string of the molecule is COCC(=O)N(C)c1cccc(CN)c1. The van der Waals surface area contributed by atoms with Gasteiger partial charge in [0.05, 0.1) is 0 Å². The van der Waals surface area contributed by atoms with Crippen molar-refractivity contribution in [2.45, 2.75) is 6.54 Å². The molecule has 1 aromatic carbocycles. The van der Waals surface area contributed by atoms with Gasteiger partial charge < -0.3 is 15.4 Å². The summed E-state index contributed by atoms with van der Waals surface area (Å²) in [6.07, 6.45) is 0. The second-order valence-electron chi connectivity index (χ2n) is 3.26. The van der Waals surface area contributed by atoms with E-state index in [1.54, 1.807) is 11.9 Å². The van der Waals surface area contributed by atoms with E-state index in [4.69, 9.17) is 10.5 Å². The molecule has 2 N–H and O–H groups in total. The molecule has 0 unspecified atom stereocenters. The summed E-state index contributed by atoms with van der Waals surface area (Å²) in [4.78, 5) is 13.1. The van der Waals surface area contributed by atoms with E-state index in [0.29, 0.717) is 6.54 Å². The number of likely N-dealkylation sites (N-methyl/N-ethyl adjacent to an activating group) is 1. The third kappa shape index (κ3) is 3.04. The van der Waals surface area contributed by atoms with Crippen molar-refractivity contribution in [3.8, 4) is 0 Å². The molecule has 0 atom stereocenters. The molecule has 1 aromatic rings. The summed E-state index contributed by atoms with van der Waals surface area (Å²) in [5.74, 6) is -0.0772. The summed E-state index contributed by atoms with van der Waals surface area (Å²) < 4.78 is 4.79. The number of rotatable bonds is 4. The Kier molecular flexibility index (Phi) is 4.27. The summed E-state index contributed by atoms with van der Waals surface area (Å²) in [5, 5.41) is 0. The molecular formula is C11H16N2O2. The summed E-state index contributed by atoms with van der Waals surface area (Å²) >= 11 is 0. The van der Waals surface area contributed by atoms with E-state index >= 15 is 0 Å². The van der Waals surface area contributed by atoms with Crippen LogP contribution in [0.3, 0.4) is 0 Å². The van der Waals surface area contributed by atoms with Crippen molar-refractivity contribution >= 4 is 11.6 Å². The predicted octanol–water partition coefficient (Wildman–Crippen LogP) is 0.755. The van der Waals surface area contributed by atoms with Crippen molar-refractivity contribution in [3.05, 3.63) is 29.8 Å². The van der Waals surface area contributed by atoms with Crippen molar-refractivity contribution in [2.75, 3.05) is 25.7 Å². The molecule has 0 aromatic heterocycles. The average Bonchev–Trinajstić information content (AvgIpc) is 2.28. The van der Waals surface area contributed by atoms with Gasteiger partial charge in [0.1, 0.15) is 6.61 Å². The van der Waals surface area contributed by atoms with Gasteiger partial charge in [0.2, 0.25) is 0 Å². The molecule has 15 heavy (non-hydrogen) atoms. The highest BCUT2D eigenvalue weighted by molar-refractivity contribution is 5.93. The maximum Gasteiger partial charge on any atom is 0.252 e. The van der Waals surface area contributed by atoms with Crippen LogP contribution in [-0.4, -0.2) is 26.7 Å². The highest BCUT2D eigenvalue weighted by Gasteiger charge is 2.09. The largest absolute Gasteiger partial charge is 0.375 e. The van der Waals surface area contributed by atoms with E-state index in [9.17, 15) is 4.79 Å². The molecule has 0 spiro atoms. The number of hydrogen-bond donors (Lipinski definition) is 1. The number of ether oxygens (including phenoxy) is 1. The van der Waals surface area contributed by atoms with Crippen LogP contribution in [0.2, 0.25) is 0 Å². The fourth-order valence-corrected chi connectivity index (χ4v) is 1.26. The topological polar surface area (TPSA) is 55.6 Å². The zero-order chi connectivity index (χ0) is 11.3. The lowest BCUT2D eigenvalue weighted by Crippen LogP contribution is -2.29. The van der Waals surface area contributed by atoms with Crippen LogP contribution in [0.5, 0.6) is 0 Å². The van der Waals surface area contributed by atoms with Crippen LogP contribution >= 0.6 is 0 Å². The van der Waals surface area contributed by atoms with Gasteiger partial charge in [-0.15, -0.1) is 0 Å². The minimum atomic E-state index is -0.0772. The van der Waals surface area contributed by atoms with E-state index < -0.39 is 0 Å². The first-order valence-corrected chi connectivity index (χ1v) is 4.73. The Hall–Kier alpha value is -1.39. The second kappa shape index (κ2) is 5.48. The molecule has 82 valence electrons. The summed E-state index contributed by atoms with van der Waals surface area (Å²) in [7, 11) is 3.22. The number of amides is 1. The minimum Gasteiger partial charge on any atom is -0.375 e. The van der Waals surface area contributed by atoms with Gasteiger partial charge in [-0.3, -0.25) is 4.79 Å². The Morgan fingerprint density at radius 3 is 2.87 bits per heavy atom. The molecular weight excluding hydrogens is 192 g/mol. The quantitative estimate of drug-likeness (QED) is 0.794. The number of hydrogen-bond acceptors (Lipinski definition) is 3. The molecule has 4 heteroatoms. The summed E-state index contributed by atoms with van der Waals surface area (Å²) in [5.41, 5.74) is 7.36. The fourth-order valence-electron chi connectivity index (χ4n) is 1.26. The third-order valence-electron chi connectivity index (χ3n) is 2.18. The zero-order valence-corrected chi connectivity index (χ0v) is 9.06. The first-order valence-electron chi connectivity index (χ1n) is 4.73. The third-order valence-corrected chi connectivity index (χ3v) is 2.18. The first kappa shape index (κ1) is 11.7. The van der Waals surface area contributed by atoms with Crippen LogP contribution < -0.4 is 10.6 Å². The molecule has 0 bridgehead atoms. The number of nitrogens with two attached hydrogens (primary N) is 1. The summed E-state index contributed by atoms with van der Waals surface area (Å²) in [6, 6.07) is 7.58. The van der Waals surface area contributed by atoms with Crippen LogP contribution in [0, 0.1) is 0 Å². The molecule has 0 aliphatic heterocycles. The molecule has 0 aliphatic rings. The van der Waals surface area contributed by atoms with Gasteiger partial charge in [0.25, 0.3) is 5.91 Å². The number of nitrogens with zero attached hydrogens (tertiary/aromatic N) is 1. The van der Waals surface area contributed by atoms with Gasteiger partial charge in [-0.2, -0.15) is 0 Å². The minimum absolute atomic E-state index is 0.0772. The number of carbonyl (C=O) groups is 1.